The Labute approximate surface area is 87.5 Å². The van der Waals surface area contributed by atoms with Crippen LogP contribution in [-0.4, -0.2) is 10.7 Å². The van der Waals surface area contributed by atoms with Gasteiger partial charge in [0.2, 0.25) is 0 Å². The van der Waals surface area contributed by atoms with Crippen LogP contribution in [0.3, 0.4) is 0 Å². The molecule has 0 spiro atoms. The summed E-state index contributed by atoms with van der Waals surface area (Å²) in [5.74, 6) is 4.73. The van der Waals surface area contributed by atoms with E-state index in [1.165, 1.54) is 12.1 Å². The Morgan fingerprint density at radius 3 is 2.57 bits per heavy atom. The number of hydrogen-bond acceptors (Lipinski definition) is 1. The van der Waals surface area contributed by atoms with Gasteiger partial charge >= 0.3 is 0 Å². The van der Waals surface area contributed by atoms with Gasteiger partial charge in [-0.3, -0.25) is 0 Å². The first-order valence-electron chi connectivity index (χ1n) is 4.09. The Hall–Kier alpha value is -1.04. The second-order valence-electron chi connectivity index (χ2n) is 3.44. The Balaban J connectivity index is 2.98. The number of rotatable bonds is 0. The molecule has 3 heteroatoms. The number of hydrogen-bond donors (Lipinski definition) is 1. The monoisotopic (exact) mass is 212 g/mol. The molecule has 0 aliphatic carbocycles. The molecule has 0 radical (unpaired) electrons. The van der Waals surface area contributed by atoms with Crippen molar-refractivity contribution in [2.75, 3.05) is 0 Å². The normalized spacial score (nSPS) is 10.6. The van der Waals surface area contributed by atoms with E-state index in [2.05, 4.69) is 11.8 Å². The SMILES string of the molecule is CC(C)(O)C#Cc1ccc(Cl)c(F)c1. The van der Waals surface area contributed by atoms with Gasteiger partial charge in [0.1, 0.15) is 11.4 Å². The highest BCUT2D eigenvalue weighted by molar-refractivity contribution is 6.30. The van der Waals surface area contributed by atoms with Crippen molar-refractivity contribution in [3.8, 4) is 11.8 Å². The van der Waals surface area contributed by atoms with Gasteiger partial charge in [-0.25, -0.2) is 4.39 Å². The minimum Gasteiger partial charge on any atom is -0.378 e. The molecule has 1 aromatic rings. The molecule has 0 atom stereocenters. The molecule has 1 rings (SSSR count). The van der Waals surface area contributed by atoms with Crippen LogP contribution in [0.4, 0.5) is 4.39 Å². The van der Waals surface area contributed by atoms with Gasteiger partial charge < -0.3 is 5.11 Å². The van der Waals surface area contributed by atoms with Crippen LogP contribution in [0.2, 0.25) is 5.02 Å². The van der Waals surface area contributed by atoms with E-state index in [4.69, 9.17) is 11.6 Å². The van der Waals surface area contributed by atoms with Crippen LogP contribution < -0.4 is 0 Å². The van der Waals surface area contributed by atoms with Crippen LogP contribution in [0.1, 0.15) is 19.4 Å². The van der Waals surface area contributed by atoms with Crippen LogP contribution in [-0.2, 0) is 0 Å². The quantitative estimate of drug-likeness (QED) is 0.656. The van der Waals surface area contributed by atoms with Crippen LogP contribution >= 0.6 is 11.6 Å². The Bertz CT molecular complexity index is 396. The van der Waals surface area contributed by atoms with E-state index in [1.807, 2.05) is 0 Å². The zero-order chi connectivity index (χ0) is 10.8. The summed E-state index contributed by atoms with van der Waals surface area (Å²) in [5, 5.41) is 9.38. The number of aliphatic hydroxyl groups is 1. The van der Waals surface area contributed by atoms with E-state index in [-0.39, 0.29) is 5.02 Å². The van der Waals surface area contributed by atoms with E-state index in [1.54, 1.807) is 19.9 Å². The molecule has 0 aliphatic rings. The molecule has 0 bridgehead atoms. The molecular weight excluding hydrogens is 203 g/mol. The molecule has 1 aromatic carbocycles. The maximum Gasteiger partial charge on any atom is 0.143 e. The van der Waals surface area contributed by atoms with Crippen molar-refractivity contribution in [1.82, 2.24) is 0 Å². The summed E-state index contributed by atoms with van der Waals surface area (Å²) in [6.45, 7) is 3.12. The lowest BCUT2D eigenvalue weighted by Gasteiger charge is -2.05. The molecule has 74 valence electrons. The van der Waals surface area contributed by atoms with Crippen molar-refractivity contribution in [2.24, 2.45) is 0 Å². The average molecular weight is 213 g/mol. The lowest BCUT2D eigenvalue weighted by atomic mass is 10.1. The molecule has 1 nitrogen and oxygen atoms in total. The smallest absolute Gasteiger partial charge is 0.143 e. The summed E-state index contributed by atoms with van der Waals surface area (Å²) in [5.41, 5.74) is -0.579. The third kappa shape index (κ3) is 3.37. The summed E-state index contributed by atoms with van der Waals surface area (Å²) in [6.07, 6.45) is 0. The Morgan fingerprint density at radius 2 is 2.07 bits per heavy atom. The maximum atomic E-state index is 12.9. The van der Waals surface area contributed by atoms with E-state index < -0.39 is 11.4 Å². The zero-order valence-electron chi connectivity index (χ0n) is 7.94. The highest BCUT2D eigenvalue weighted by Gasteiger charge is 2.06. The third-order valence-electron chi connectivity index (χ3n) is 1.43. The fourth-order valence-corrected chi connectivity index (χ4v) is 0.917. The van der Waals surface area contributed by atoms with Crippen molar-refractivity contribution < 1.29 is 9.50 Å². The van der Waals surface area contributed by atoms with E-state index >= 15 is 0 Å². The molecule has 1 N–H and O–H groups in total. The molecule has 0 amide bonds. The maximum absolute atomic E-state index is 12.9. The molecule has 14 heavy (non-hydrogen) atoms. The average Bonchev–Trinajstić information content (AvgIpc) is 2.06. The van der Waals surface area contributed by atoms with Gasteiger partial charge in [0.05, 0.1) is 5.02 Å². The minimum absolute atomic E-state index is 0.0683. The fourth-order valence-electron chi connectivity index (χ4n) is 0.799. The first kappa shape index (κ1) is 11.0. The predicted molar refractivity (Wildman–Crippen MR) is 54.6 cm³/mol. The highest BCUT2D eigenvalue weighted by Crippen LogP contribution is 2.15. The van der Waals surface area contributed by atoms with E-state index in [0.717, 1.165) is 0 Å². The molecule has 0 heterocycles. The van der Waals surface area contributed by atoms with Gasteiger partial charge in [-0.15, -0.1) is 0 Å². The van der Waals surface area contributed by atoms with E-state index in [0.29, 0.717) is 5.56 Å². The Morgan fingerprint density at radius 1 is 1.43 bits per heavy atom. The highest BCUT2D eigenvalue weighted by atomic mass is 35.5. The zero-order valence-corrected chi connectivity index (χ0v) is 8.69. The van der Waals surface area contributed by atoms with Crippen LogP contribution in [0.25, 0.3) is 0 Å². The molecular formula is C11H10ClFO. The van der Waals surface area contributed by atoms with Crippen molar-refractivity contribution in [3.05, 3.63) is 34.6 Å². The first-order chi connectivity index (χ1) is 6.38. The number of halogens is 2. The van der Waals surface area contributed by atoms with Crippen molar-refractivity contribution in [3.63, 3.8) is 0 Å². The van der Waals surface area contributed by atoms with Gasteiger partial charge in [0, 0.05) is 5.56 Å². The minimum atomic E-state index is -1.07. The summed E-state index contributed by atoms with van der Waals surface area (Å²) < 4.78 is 12.9. The second kappa shape index (κ2) is 4.00. The molecule has 0 fully saturated rings. The van der Waals surface area contributed by atoms with Gasteiger partial charge in [-0.05, 0) is 32.0 Å². The first-order valence-corrected chi connectivity index (χ1v) is 4.47. The van der Waals surface area contributed by atoms with Crippen molar-refractivity contribution in [1.29, 1.82) is 0 Å². The van der Waals surface area contributed by atoms with Crippen LogP contribution in [0.15, 0.2) is 18.2 Å². The second-order valence-corrected chi connectivity index (χ2v) is 3.85. The topological polar surface area (TPSA) is 20.2 Å². The fraction of sp³-hybridized carbons (Fsp3) is 0.273. The molecule has 0 saturated heterocycles. The molecule has 0 unspecified atom stereocenters. The Kier molecular flexibility index (Phi) is 3.15. The predicted octanol–water partition coefficient (Wildman–Crippen LogP) is 2.60. The summed E-state index contributed by atoms with van der Waals surface area (Å²) in [7, 11) is 0. The van der Waals surface area contributed by atoms with Gasteiger partial charge in [0.25, 0.3) is 0 Å². The van der Waals surface area contributed by atoms with Gasteiger partial charge in [-0.1, -0.05) is 23.4 Å². The van der Waals surface area contributed by atoms with Crippen LogP contribution in [0, 0.1) is 17.7 Å². The number of benzene rings is 1. The lowest BCUT2D eigenvalue weighted by molar-refractivity contribution is 0.143. The van der Waals surface area contributed by atoms with Crippen molar-refractivity contribution >= 4 is 11.6 Å². The standard InChI is InChI=1S/C11H10ClFO/c1-11(2,14)6-5-8-3-4-9(12)10(13)7-8/h3-4,7,14H,1-2H3. The summed E-state index contributed by atoms with van der Waals surface area (Å²) in [4.78, 5) is 0. The van der Waals surface area contributed by atoms with Gasteiger partial charge in [-0.2, -0.15) is 0 Å². The summed E-state index contributed by atoms with van der Waals surface area (Å²) in [6, 6.07) is 4.27. The molecule has 0 aliphatic heterocycles. The molecule has 0 aromatic heterocycles. The van der Waals surface area contributed by atoms with Crippen LogP contribution in [0.5, 0.6) is 0 Å². The van der Waals surface area contributed by atoms with E-state index in [9.17, 15) is 9.50 Å². The largest absolute Gasteiger partial charge is 0.378 e. The van der Waals surface area contributed by atoms with Gasteiger partial charge in [0.15, 0.2) is 0 Å². The summed E-state index contributed by atoms with van der Waals surface area (Å²) >= 11 is 5.50. The van der Waals surface area contributed by atoms with Crippen molar-refractivity contribution in [2.45, 2.75) is 19.4 Å². The lowest BCUT2D eigenvalue weighted by Crippen LogP contribution is -2.14. The third-order valence-corrected chi connectivity index (χ3v) is 1.74. The molecule has 0 saturated carbocycles.